The van der Waals surface area contributed by atoms with Gasteiger partial charge in [-0.25, -0.2) is 0 Å². The van der Waals surface area contributed by atoms with Crippen LogP contribution in [0.3, 0.4) is 0 Å². The average Bonchev–Trinajstić information content (AvgIpc) is 2.86. The van der Waals surface area contributed by atoms with Gasteiger partial charge in [-0.1, -0.05) is 13.3 Å². The van der Waals surface area contributed by atoms with Crippen molar-refractivity contribution in [2.75, 3.05) is 33.4 Å². The second kappa shape index (κ2) is 11.9. The zero-order valence-corrected chi connectivity index (χ0v) is 15.2. The molecule has 0 unspecified atom stereocenters. The number of aromatic nitrogens is 2. The molecule has 0 saturated carbocycles. The van der Waals surface area contributed by atoms with Crippen molar-refractivity contribution in [3.63, 3.8) is 0 Å². The van der Waals surface area contributed by atoms with Crippen LogP contribution in [-0.4, -0.2) is 49.1 Å². The Balaban J connectivity index is 2.06. The molecule has 1 aromatic heterocycles. The van der Waals surface area contributed by atoms with Gasteiger partial charge in [0.25, 0.3) is 0 Å². The molecule has 0 aromatic carbocycles. The van der Waals surface area contributed by atoms with Crippen molar-refractivity contribution in [2.24, 2.45) is 4.99 Å². The highest BCUT2D eigenvalue weighted by Gasteiger charge is 2.01. The number of guanidine groups is 1. The summed E-state index contributed by atoms with van der Waals surface area (Å²) in [5.41, 5.74) is 2.29. The molecule has 0 fully saturated rings. The second-order valence-corrected chi connectivity index (χ2v) is 5.75. The van der Waals surface area contributed by atoms with Crippen LogP contribution in [0.15, 0.2) is 11.1 Å². The SMILES string of the molecule is CCCCOCCCNC(=NC)NCCCn1nc(C)cc1C. The molecule has 1 aromatic rings. The van der Waals surface area contributed by atoms with Crippen LogP contribution in [0.5, 0.6) is 0 Å². The highest BCUT2D eigenvalue weighted by molar-refractivity contribution is 5.79. The fourth-order valence-corrected chi connectivity index (χ4v) is 2.29. The van der Waals surface area contributed by atoms with E-state index in [0.29, 0.717) is 0 Å². The molecule has 2 N–H and O–H groups in total. The van der Waals surface area contributed by atoms with Crippen molar-refractivity contribution in [1.82, 2.24) is 20.4 Å². The van der Waals surface area contributed by atoms with Gasteiger partial charge in [0.05, 0.1) is 5.69 Å². The van der Waals surface area contributed by atoms with Gasteiger partial charge >= 0.3 is 0 Å². The Bertz CT molecular complexity index is 456. The summed E-state index contributed by atoms with van der Waals surface area (Å²) >= 11 is 0. The predicted octanol–water partition coefficient (Wildman–Crippen LogP) is 2.26. The zero-order chi connectivity index (χ0) is 16.9. The first kappa shape index (κ1) is 19.5. The minimum Gasteiger partial charge on any atom is -0.381 e. The molecule has 132 valence electrons. The third-order valence-corrected chi connectivity index (χ3v) is 3.57. The molecular formula is C17H33N5O. The van der Waals surface area contributed by atoms with Crippen LogP contribution in [0.4, 0.5) is 0 Å². The molecule has 1 rings (SSSR count). The number of aryl methyl sites for hydroxylation is 3. The summed E-state index contributed by atoms with van der Waals surface area (Å²) in [6.07, 6.45) is 4.34. The van der Waals surface area contributed by atoms with E-state index in [4.69, 9.17) is 4.74 Å². The van der Waals surface area contributed by atoms with Crippen molar-refractivity contribution >= 4 is 5.96 Å². The van der Waals surface area contributed by atoms with E-state index in [1.165, 1.54) is 12.1 Å². The Morgan fingerprint density at radius 3 is 2.48 bits per heavy atom. The van der Waals surface area contributed by atoms with E-state index in [-0.39, 0.29) is 0 Å². The Morgan fingerprint density at radius 1 is 1.17 bits per heavy atom. The Hall–Kier alpha value is -1.56. The summed E-state index contributed by atoms with van der Waals surface area (Å²) in [4.78, 5) is 4.23. The summed E-state index contributed by atoms with van der Waals surface area (Å²) in [5.74, 6) is 0.854. The van der Waals surface area contributed by atoms with E-state index >= 15 is 0 Å². The third-order valence-electron chi connectivity index (χ3n) is 3.57. The van der Waals surface area contributed by atoms with Gasteiger partial charge in [0, 0.05) is 45.6 Å². The summed E-state index contributed by atoms with van der Waals surface area (Å²) in [7, 11) is 1.80. The van der Waals surface area contributed by atoms with E-state index < -0.39 is 0 Å². The van der Waals surface area contributed by atoms with Crippen molar-refractivity contribution in [3.8, 4) is 0 Å². The van der Waals surface area contributed by atoms with Crippen LogP contribution in [-0.2, 0) is 11.3 Å². The van der Waals surface area contributed by atoms with Gasteiger partial charge in [0.15, 0.2) is 5.96 Å². The highest BCUT2D eigenvalue weighted by Crippen LogP contribution is 2.02. The third kappa shape index (κ3) is 8.59. The van der Waals surface area contributed by atoms with Crippen LogP contribution in [0.1, 0.15) is 44.0 Å². The van der Waals surface area contributed by atoms with Gasteiger partial charge in [0.1, 0.15) is 0 Å². The maximum absolute atomic E-state index is 5.54. The first-order valence-electron chi connectivity index (χ1n) is 8.70. The fourth-order valence-electron chi connectivity index (χ4n) is 2.29. The molecule has 6 heteroatoms. The predicted molar refractivity (Wildman–Crippen MR) is 96.0 cm³/mol. The lowest BCUT2D eigenvalue weighted by Crippen LogP contribution is -2.38. The molecule has 23 heavy (non-hydrogen) atoms. The quantitative estimate of drug-likeness (QED) is 0.372. The summed E-state index contributed by atoms with van der Waals surface area (Å²) < 4.78 is 7.60. The van der Waals surface area contributed by atoms with Crippen LogP contribution < -0.4 is 10.6 Å². The van der Waals surface area contributed by atoms with Gasteiger partial charge in [-0.15, -0.1) is 0 Å². The Kier molecular flexibility index (Phi) is 10.1. The average molecular weight is 323 g/mol. The lowest BCUT2D eigenvalue weighted by Gasteiger charge is -2.12. The maximum atomic E-state index is 5.54. The van der Waals surface area contributed by atoms with Gasteiger partial charge in [-0.2, -0.15) is 5.10 Å². The minimum absolute atomic E-state index is 0.807. The van der Waals surface area contributed by atoms with Crippen molar-refractivity contribution in [1.29, 1.82) is 0 Å². The molecular weight excluding hydrogens is 290 g/mol. The standard InChI is InChI=1S/C17H33N5O/c1-5-6-12-23-13-8-10-20-17(18-4)19-9-7-11-22-16(3)14-15(2)21-22/h14H,5-13H2,1-4H3,(H2,18,19,20). The smallest absolute Gasteiger partial charge is 0.190 e. The van der Waals surface area contributed by atoms with Gasteiger partial charge < -0.3 is 15.4 Å². The lowest BCUT2D eigenvalue weighted by molar-refractivity contribution is 0.129. The lowest BCUT2D eigenvalue weighted by atomic mass is 10.3. The largest absolute Gasteiger partial charge is 0.381 e. The number of hydrogen-bond acceptors (Lipinski definition) is 3. The van der Waals surface area contributed by atoms with E-state index in [1.54, 1.807) is 7.05 Å². The Morgan fingerprint density at radius 2 is 1.87 bits per heavy atom. The van der Waals surface area contributed by atoms with E-state index in [1.807, 2.05) is 6.92 Å². The molecule has 0 spiro atoms. The van der Waals surface area contributed by atoms with Gasteiger partial charge in [-0.05, 0) is 39.2 Å². The van der Waals surface area contributed by atoms with Crippen molar-refractivity contribution < 1.29 is 4.74 Å². The van der Waals surface area contributed by atoms with Crippen LogP contribution >= 0.6 is 0 Å². The fraction of sp³-hybridized carbons (Fsp3) is 0.765. The molecule has 0 bridgehead atoms. The van der Waals surface area contributed by atoms with Crippen LogP contribution in [0, 0.1) is 13.8 Å². The van der Waals surface area contributed by atoms with E-state index in [0.717, 1.165) is 63.8 Å². The first-order valence-corrected chi connectivity index (χ1v) is 8.70. The molecule has 0 saturated heterocycles. The number of ether oxygens (including phenoxy) is 1. The monoisotopic (exact) mass is 323 g/mol. The summed E-state index contributed by atoms with van der Waals surface area (Å²) in [6, 6.07) is 2.11. The number of nitrogens with one attached hydrogen (secondary N) is 2. The van der Waals surface area contributed by atoms with E-state index in [9.17, 15) is 0 Å². The zero-order valence-electron chi connectivity index (χ0n) is 15.2. The number of unbranched alkanes of at least 4 members (excludes halogenated alkanes) is 1. The maximum Gasteiger partial charge on any atom is 0.190 e. The topological polar surface area (TPSA) is 63.5 Å². The second-order valence-electron chi connectivity index (χ2n) is 5.75. The number of hydrogen-bond donors (Lipinski definition) is 2. The number of nitrogens with zero attached hydrogens (tertiary/aromatic N) is 3. The first-order chi connectivity index (χ1) is 11.2. The van der Waals surface area contributed by atoms with Gasteiger partial charge in [0.2, 0.25) is 0 Å². The normalized spacial score (nSPS) is 11.7. The van der Waals surface area contributed by atoms with Crippen molar-refractivity contribution in [3.05, 3.63) is 17.5 Å². The Labute approximate surface area is 140 Å². The van der Waals surface area contributed by atoms with Crippen LogP contribution in [0.2, 0.25) is 0 Å². The molecule has 1 heterocycles. The molecule has 6 nitrogen and oxygen atoms in total. The summed E-state index contributed by atoms with van der Waals surface area (Å²) in [6.45, 7) is 10.7. The van der Waals surface area contributed by atoms with Crippen LogP contribution in [0.25, 0.3) is 0 Å². The number of rotatable bonds is 11. The molecule has 0 atom stereocenters. The molecule has 0 aliphatic rings. The number of aliphatic imine (C=N–C) groups is 1. The van der Waals surface area contributed by atoms with Crippen molar-refractivity contribution in [2.45, 2.75) is 53.0 Å². The summed E-state index contributed by atoms with van der Waals surface area (Å²) in [5, 5.41) is 11.1. The van der Waals surface area contributed by atoms with Gasteiger partial charge in [-0.3, -0.25) is 9.67 Å². The molecule has 0 radical (unpaired) electrons. The highest BCUT2D eigenvalue weighted by atomic mass is 16.5. The minimum atomic E-state index is 0.807. The van der Waals surface area contributed by atoms with E-state index in [2.05, 4.69) is 45.3 Å². The molecule has 0 aliphatic carbocycles. The molecule has 0 aliphatic heterocycles. The molecule has 0 amide bonds.